The molecule has 2 aromatic carbocycles. The molecule has 4 heteroatoms. The first-order valence-corrected chi connectivity index (χ1v) is 8.68. The van der Waals surface area contributed by atoms with Crippen LogP contribution in [-0.2, 0) is 6.42 Å². The minimum Gasteiger partial charge on any atom is -0.496 e. The highest BCUT2D eigenvalue weighted by Gasteiger charge is 2.16. The molecule has 21 heavy (non-hydrogen) atoms. The monoisotopic (exact) mass is 459 g/mol. The lowest BCUT2D eigenvalue weighted by atomic mass is 9.97. The average Bonchev–Trinajstić information content (AvgIpc) is 2.48. The summed E-state index contributed by atoms with van der Waals surface area (Å²) in [4.78, 5) is 0. The van der Waals surface area contributed by atoms with E-state index in [0.29, 0.717) is 0 Å². The van der Waals surface area contributed by atoms with Crippen LogP contribution < -0.4 is 10.1 Å². The number of hydrogen-bond donors (Lipinski definition) is 1. The van der Waals surface area contributed by atoms with Crippen LogP contribution in [0.1, 0.15) is 22.7 Å². The zero-order chi connectivity index (χ0) is 15.4. The molecule has 0 fully saturated rings. The number of ether oxygens (including phenoxy) is 1. The molecule has 2 rings (SSSR count). The van der Waals surface area contributed by atoms with E-state index in [0.717, 1.165) is 16.6 Å². The molecule has 112 valence electrons. The third-order valence-corrected chi connectivity index (χ3v) is 5.58. The summed E-state index contributed by atoms with van der Waals surface area (Å²) in [5, 5.41) is 3.43. The van der Waals surface area contributed by atoms with Gasteiger partial charge in [0.15, 0.2) is 0 Å². The van der Waals surface area contributed by atoms with Crippen molar-refractivity contribution in [3.05, 3.63) is 61.1 Å². The first kappa shape index (κ1) is 16.8. The van der Waals surface area contributed by atoms with E-state index >= 15 is 0 Å². The number of nitrogens with one attached hydrogen (secondary N) is 1. The molecule has 0 bridgehead atoms. The van der Waals surface area contributed by atoms with Crippen LogP contribution in [0.25, 0.3) is 0 Å². The smallest absolute Gasteiger partial charge is 0.122 e. The number of methoxy groups -OCH3 is 1. The molecule has 0 aliphatic carbocycles. The van der Waals surface area contributed by atoms with Crippen molar-refractivity contribution >= 4 is 38.5 Å². The van der Waals surface area contributed by atoms with E-state index in [1.807, 2.05) is 19.2 Å². The topological polar surface area (TPSA) is 21.3 Å². The molecule has 0 heterocycles. The van der Waals surface area contributed by atoms with Gasteiger partial charge in [-0.1, -0.05) is 34.1 Å². The molecule has 0 aliphatic rings. The number of halogens is 2. The minimum atomic E-state index is 0.264. The summed E-state index contributed by atoms with van der Waals surface area (Å²) in [5.74, 6) is 0.932. The van der Waals surface area contributed by atoms with Crippen LogP contribution in [-0.4, -0.2) is 14.2 Å². The first-order chi connectivity index (χ1) is 10.1. The van der Waals surface area contributed by atoms with Gasteiger partial charge in [0.2, 0.25) is 0 Å². The molecule has 1 atom stereocenters. The lowest BCUT2D eigenvalue weighted by Crippen LogP contribution is -2.20. The highest BCUT2D eigenvalue weighted by atomic mass is 127. The van der Waals surface area contributed by atoms with Crippen LogP contribution in [0, 0.1) is 10.5 Å². The van der Waals surface area contributed by atoms with E-state index in [-0.39, 0.29) is 6.04 Å². The first-order valence-electron chi connectivity index (χ1n) is 6.81. The van der Waals surface area contributed by atoms with E-state index in [4.69, 9.17) is 4.74 Å². The Morgan fingerprint density at radius 1 is 1.29 bits per heavy atom. The standard InChI is InChI=1S/C17H19BrINO/c1-11-5-4-6-14(17(11)19)15(20-2)10-12-9-13(18)7-8-16(12)21-3/h4-9,15,20H,10H2,1-3H3. The molecule has 1 unspecified atom stereocenters. The molecule has 2 aromatic rings. The Morgan fingerprint density at radius 2 is 2.05 bits per heavy atom. The third kappa shape index (κ3) is 3.99. The Bertz CT molecular complexity index is 630. The summed E-state index contributed by atoms with van der Waals surface area (Å²) in [6.07, 6.45) is 0.887. The van der Waals surface area contributed by atoms with Gasteiger partial charge in [0.1, 0.15) is 5.75 Å². The van der Waals surface area contributed by atoms with Crippen molar-refractivity contribution in [3.63, 3.8) is 0 Å². The molecule has 0 aromatic heterocycles. The normalized spacial score (nSPS) is 12.2. The minimum absolute atomic E-state index is 0.264. The van der Waals surface area contributed by atoms with E-state index < -0.39 is 0 Å². The second-order valence-electron chi connectivity index (χ2n) is 4.98. The molecule has 0 amide bonds. The van der Waals surface area contributed by atoms with Crippen molar-refractivity contribution in [2.24, 2.45) is 0 Å². The molecule has 0 saturated heterocycles. The van der Waals surface area contributed by atoms with Crippen molar-refractivity contribution in [1.82, 2.24) is 5.32 Å². The Kier molecular flexibility index (Phi) is 6.08. The summed E-state index contributed by atoms with van der Waals surface area (Å²) in [5.41, 5.74) is 3.85. The zero-order valence-corrected chi connectivity index (χ0v) is 16.2. The summed E-state index contributed by atoms with van der Waals surface area (Å²) in [7, 11) is 3.73. The van der Waals surface area contributed by atoms with Gasteiger partial charge in [-0.2, -0.15) is 0 Å². The highest BCUT2D eigenvalue weighted by Crippen LogP contribution is 2.30. The summed E-state index contributed by atoms with van der Waals surface area (Å²) >= 11 is 5.97. The molecule has 0 radical (unpaired) electrons. The Morgan fingerprint density at radius 3 is 2.71 bits per heavy atom. The lowest BCUT2D eigenvalue weighted by molar-refractivity contribution is 0.406. The van der Waals surface area contributed by atoms with Gasteiger partial charge < -0.3 is 10.1 Å². The molecule has 2 nitrogen and oxygen atoms in total. The van der Waals surface area contributed by atoms with E-state index in [1.54, 1.807) is 7.11 Å². The summed E-state index contributed by atoms with van der Waals surface area (Å²) < 4.78 is 7.88. The van der Waals surface area contributed by atoms with Crippen LogP contribution in [0.15, 0.2) is 40.9 Å². The fourth-order valence-electron chi connectivity index (χ4n) is 2.43. The van der Waals surface area contributed by atoms with Gasteiger partial charge >= 0.3 is 0 Å². The summed E-state index contributed by atoms with van der Waals surface area (Å²) in [6, 6.07) is 12.9. The molecule has 0 saturated carbocycles. The second kappa shape index (κ2) is 7.61. The fourth-order valence-corrected chi connectivity index (χ4v) is 3.58. The Hall–Kier alpha value is -0.590. The van der Waals surface area contributed by atoms with Gasteiger partial charge in [0, 0.05) is 14.1 Å². The van der Waals surface area contributed by atoms with E-state index in [9.17, 15) is 0 Å². The van der Waals surface area contributed by atoms with Gasteiger partial charge in [0.25, 0.3) is 0 Å². The molecular weight excluding hydrogens is 441 g/mol. The number of hydrogen-bond acceptors (Lipinski definition) is 2. The zero-order valence-electron chi connectivity index (χ0n) is 12.4. The Balaban J connectivity index is 2.35. The maximum absolute atomic E-state index is 5.49. The van der Waals surface area contributed by atoms with Gasteiger partial charge in [-0.15, -0.1) is 0 Å². The maximum atomic E-state index is 5.49. The quantitative estimate of drug-likeness (QED) is 0.643. The van der Waals surface area contributed by atoms with Gasteiger partial charge in [-0.25, -0.2) is 0 Å². The molecule has 0 aliphatic heterocycles. The molecule has 0 spiro atoms. The largest absolute Gasteiger partial charge is 0.496 e. The van der Waals surface area contributed by atoms with Gasteiger partial charge in [0.05, 0.1) is 7.11 Å². The van der Waals surface area contributed by atoms with E-state index in [2.05, 4.69) is 75.0 Å². The van der Waals surface area contributed by atoms with Crippen LogP contribution >= 0.6 is 38.5 Å². The maximum Gasteiger partial charge on any atom is 0.122 e. The van der Waals surface area contributed by atoms with Crippen molar-refractivity contribution in [1.29, 1.82) is 0 Å². The fraction of sp³-hybridized carbons (Fsp3) is 0.294. The van der Waals surface area contributed by atoms with Crippen molar-refractivity contribution in [2.75, 3.05) is 14.2 Å². The average molecular weight is 460 g/mol. The molecular formula is C17H19BrINO. The van der Waals surface area contributed by atoms with Crippen LogP contribution in [0.3, 0.4) is 0 Å². The van der Waals surface area contributed by atoms with E-state index in [1.165, 1.54) is 20.3 Å². The third-order valence-electron chi connectivity index (χ3n) is 3.61. The van der Waals surface area contributed by atoms with Gasteiger partial charge in [-0.05, 0) is 77.9 Å². The van der Waals surface area contributed by atoms with Gasteiger partial charge in [-0.3, -0.25) is 0 Å². The number of likely N-dealkylation sites (N-methyl/N-ethyl adjacent to an activating group) is 1. The summed E-state index contributed by atoms with van der Waals surface area (Å²) in [6.45, 7) is 2.15. The Labute approximate surface area is 148 Å². The van der Waals surface area contributed by atoms with Crippen molar-refractivity contribution in [2.45, 2.75) is 19.4 Å². The second-order valence-corrected chi connectivity index (χ2v) is 6.97. The predicted molar refractivity (Wildman–Crippen MR) is 100 cm³/mol. The highest BCUT2D eigenvalue weighted by molar-refractivity contribution is 14.1. The number of rotatable bonds is 5. The van der Waals surface area contributed by atoms with Crippen LogP contribution in [0.2, 0.25) is 0 Å². The molecule has 1 N–H and O–H groups in total. The SMILES string of the molecule is CNC(Cc1cc(Br)ccc1OC)c1cccc(C)c1I. The lowest BCUT2D eigenvalue weighted by Gasteiger charge is -2.20. The predicted octanol–water partition coefficient (Wildman–Crippen LogP) is 4.87. The van der Waals surface area contributed by atoms with Crippen LogP contribution in [0.5, 0.6) is 5.75 Å². The van der Waals surface area contributed by atoms with Crippen molar-refractivity contribution in [3.8, 4) is 5.75 Å². The number of aryl methyl sites for hydroxylation is 1. The van der Waals surface area contributed by atoms with Crippen molar-refractivity contribution < 1.29 is 4.74 Å². The number of benzene rings is 2. The van der Waals surface area contributed by atoms with Crippen LogP contribution in [0.4, 0.5) is 0 Å².